The first kappa shape index (κ1) is 47.1. The molecule has 2 heterocycles. The molecule has 1 aromatic heterocycles. The Labute approximate surface area is 340 Å². The lowest BCUT2D eigenvalue weighted by atomic mass is 9.95. The number of carbonyl (C=O) groups excluding carboxylic acids is 5. The largest absolute Gasteiger partial charge is 0.480 e. The van der Waals surface area contributed by atoms with Crippen molar-refractivity contribution in [3.05, 3.63) is 36.0 Å². The number of aromatic nitrogens is 1. The van der Waals surface area contributed by atoms with Gasteiger partial charge >= 0.3 is 5.97 Å². The van der Waals surface area contributed by atoms with Crippen LogP contribution in [0.15, 0.2) is 35.5 Å². The Balaban J connectivity index is 1.90. The topological polar surface area (TPSA) is 306 Å². The van der Waals surface area contributed by atoms with Crippen molar-refractivity contribution in [2.24, 2.45) is 39.8 Å². The van der Waals surface area contributed by atoms with Crippen LogP contribution in [-0.2, 0) is 35.2 Å². The van der Waals surface area contributed by atoms with E-state index in [4.69, 9.17) is 22.9 Å². The third kappa shape index (κ3) is 14.0. The highest BCUT2D eigenvalue weighted by atomic mass is 16.4. The van der Waals surface area contributed by atoms with Crippen LogP contribution in [-0.4, -0.2) is 112 Å². The molecule has 3 rings (SSSR count). The number of nitrogens with two attached hydrogens (primary N) is 4. The van der Waals surface area contributed by atoms with Gasteiger partial charge in [0, 0.05) is 36.6 Å². The first-order valence-corrected chi connectivity index (χ1v) is 20.4. The van der Waals surface area contributed by atoms with Gasteiger partial charge in [0.1, 0.15) is 30.2 Å². The van der Waals surface area contributed by atoms with Crippen LogP contribution in [0.25, 0.3) is 10.9 Å². The van der Waals surface area contributed by atoms with Crippen molar-refractivity contribution >= 4 is 52.4 Å². The number of guanidine groups is 1. The van der Waals surface area contributed by atoms with Crippen molar-refractivity contribution in [1.29, 1.82) is 0 Å². The molecule has 1 aliphatic heterocycles. The molecule has 0 saturated carbocycles. The molecule has 1 fully saturated rings. The molecular formula is C40H65N11O7. The average Bonchev–Trinajstić information content (AvgIpc) is 3.88. The summed E-state index contributed by atoms with van der Waals surface area (Å²) >= 11 is 0. The number of nitrogens with one attached hydrogen (secondary N) is 5. The number of nitrogens with zero attached hydrogens (tertiary/aromatic N) is 2. The summed E-state index contributed by atoms with van der Waals surface area (Å²) < 4.78 is 0. The van der Waals surface area contributed by atoms with Crippen LogP contribution in [0.3, 0.4) is 0 Å². The molecule has 0 spiro atoms. The van der Waals surface area contributed by atoms with Gasteiger partial charge in [-0.05, 0) is 81.0 Å². The summed E-state index contributed by atoms with van der Waals surface area (Å²) in [5.41, 5.74) is 24.3. The SMILES string of the molecule is CC[C@H](C)[C@H](NC(=O)[C@H](Cc1cccc2[nH]ccc12)NC(=O)[C@@H]1CCCN1C(=O)[C@H](CCCN=C(N)N)NC(=O)[C@H](N)CCCCN)C(=O)N[C@@H](CC(C)C)C(=O)O. The molecule has 14 N–H and O–H groups in total. The van der Waals surface area contributed by atoms with Crippen molar-refractivity contribution in [2.45, 2.75) is 128 Å². The fraction of sp³-hybridized carbons (Fsp3) is 0.625. The van der Waals surface area contributed by atoms with Gasteiger partial charge in [-0.15, -0.1) is 0 Å². The smallest absolute Gasteiger partial charge is 0.326 e. The van der Waals surface area contributed by atoms with E-state index >= 15 is 0 Å². The lowest BCUT2D eigenvalue weighted by Crippen LogP contribution is -2.60. The Morgan fingerprint density at radius 3 is 2.29 bits per heavy atom. The lowest BCUT2D eigenvalue weighted by Gasteiger charge is -2.31. The zero-order valence-electron chi connectivity index (χ0n) is 34.3. The fourth-order valence-corrected chi connectivity index (χ4v) is 7.12. The van der Waals surface area contributed by atoms with Crippen molar-refractivity contribution in [2.75, 3.05) is 19.6 Å². The summed E-state index contributed by atoms with van der Waals surface area (Å²) in [7, 11) is 0. The first-order chi connectivity index (χ1) is 27.6. The molecule has 0 aliphatic carbocycles. The van der Waals surface area contributed by atoms with E-state index in [1.807, 2.05) is 45.0 Å². The number of aliphatic carboxylic acids is 1. The third-order valence-corrected chi connectivity index (χ3v) is 10.6. The number of likely N-dealkylation sites (tertiary alicyclic amines) is 1. The summed E-state index contributed by atoms with van der Waals surface area (Å²) in [5, 5.41) is 21.7. The maximum Gasteiger partial charge on any atom is 0.326 e. The van der Waals surface area contributed by atoms with Gasteiger partial charge in [-0.2, -0.15) is 0 Å². The highest BCUT2D eigenvalue weighted by molar-refractivity contribution is 5.97. The first-order valence-electron chi connectivity index (χ1n) is 20.4. The number of unbranched alkanes of at least 4 members (excludes halogenated alkanes) is 1. The van der Waals surface area contributed by atoms with E-state index in [1.165, 1.54) is 4.90 Å². The van der Waals surface area contributed by atoms with Gasteiger partial charge in [0.2, 0.25) is 29.5 Å². The Morgan fingerprint density at radius 1 is 0.914 bits per heavy atom. The number of carboxylic acids is 1. The second-order valence-electron chi connectivity index (χ2n) is 15.6. The van der Waals surface area contributed by atoms with E-state index in [-0.39, 0.29) is 44.2 Å². The van der Waals surface area contributed by atoms with Crippen molar-refractivity contribution < 1.29 is 33.9 Å². The zero-order valence-corrected chi connectivity index (χ0v) is 34.3. The Morgan fingerprint density at radius 2 is 1.64 bits per heavy atom. The van der Waals surface area contributed by atoms with Gasteiger partial charge < -0.3 is 59.2 Å². The Hall–Kier alpha value is -5.23. The van der Waals surface area contributed by atoms with Gasteiger partial charge in [0.25, 0.3) is 0 Å². The molecule has 18 heteroatoms. The predicted octanol–water partition coefficient (Wildman–Crippen LogP) is 0.327. The number of carbonyl (C=O) groups is 6. The molecule has 18 nitrogen and oxygen atoms in total. The van der Waals surface area contributed by atoms with Crippen LogP contribution in [0.2, 0.25) is 0 Å². The van der Waals surface area contributed by atoms with Crippen LogP contribution in [0.5, 0.6) is 0 Å². The summed E-state index contributed by atoms with van der Waals surface area (Å²) in [6.45, 7) is 8.23. The fourth-order valence-electron chi connectivity index (χ4n) is 7.12. The van der Waals surface area contributed by atoms with Crippen LogP contribution >= 0.6 is 0 Å². The molecule has 5 amide bonds. The van der Waals surface area contributed by atoms with Crippen molar-refractivity contribution in [1.82, 2.24) is 31.2 Å². The van der Waals surface area contributed by atoms with Crippen LogP contribution in [0, 0.1) is 11.8 Å². The normalized spacial score (nSPS) is 17.1. The molecule has 1 saturated heterocycles. The van der Waals surface area contributed by atoms with Gasteiger partial charge in [-0.3, -0.25) is 29.0 Å². The van der Waals surface area contributed by atoms with E-state index < -0.39 is 77.7 Å². The predicted molar refractivity (Wildman–Crippen MR) is 222 cm³/mol. The number of amides is 5. The number of aromatic amines is 1. The number of fused-ring (bicyclic) bond motifs is 1. The minimum Gasteiger partial charge on any atom is -0.480 e. The molecule has 0 radical (unpaired) electrons. The third-order valence-electron chi connectivity index (χ3n) is 10.6. The van der Waals surface area contributed by atoms with Gasteiger partial charge in [-0.25, -0.2) is 4.79 Å². The van der Waals surface area contributed by atoms with Gasteiger partial charge in [-0.1, -0.05) is 52.7 Å². The maximum absolute atomic E-state index is 14.3. The molecule has 58 heavy (non-hydrogen) atoms. The van der Waals surface area contributed by atoms with E-state index in [9.17, 15) is 33.9 Å². The maximum atomic E-state index is 14.3. The van der Waals surface area contributed by atoms with Gasteiger partial charge in [0.05, 0.1) is 6.04 Å². The summed E-state index contributed by atoms with van der Waals surface area (Å²) in [6, 6.07) is 1.08. The molecular weight excluding hydrogens is 747 g/mol. The highest BCUT2D eigenvalue weighted by Gasteiger charge is 2.40. The number of hydrogen-bond acceptors (Lipinski definition) is 9. The minimum atomic E-state index is -1.20. The molecule has 322 valence electrons. The number of hydrogen-bond donors (Lipinski definition) is 10. The zero-order chi connectivity index (χ0) is 42.9. The quantitative estimate of drug-likeness (QED) is 0.0391. The number of aliphatic imine (C=N–C) groups is 1. The second-order valence-corrected chi connectivity index (χ2v) is 15.6. The number of benzene rings is 1. The number of rotatable bonds is 24. The standard InChI is InChI=1S/C40H65N11O7/c1-5-24(4)33(37(55)49-31(39(57)58)21-23(2)3)50-35(53)30(22-25-11-8-13-28-26(25)16-19-45-28)48-36(54)32-15-10-20-51(32)38(56)29(14-9-18-46-40(43)44)47-34(52)27(42)12-6-7-17-41/h8,11,13,16,19,23-24,27,29-33,45H,5-7,9-10,12,14-15,17-18,20-22,41-42H2,1-4H3,(H,47,52)(H,48,54)(H,49,55)(H,50,53)(H,57,58)(H4,43,44,46)/t24-,27+,29-,30-,31-,32-,33-/m0/s1. The number of H-pyrrole nitrogens is 1. The van der Waals surface area contributed by atoms with Gasteiger partial charge in [0.15, 0.2) is 5.96 Å². The summed E-state index contributed by atoms with van der Waals surface area (Å²) in [5.74, 6) is -4.56. The van der Waals surface area contributed by atoms with E-state index in [1.54, 1.807) is 13.1 Å². The molecule has 0 unspecified atom stereocenters. The summed E-state index contributed by atoms with van der Waals surface area (Å²) in [6.07, 6.45) is 5.52. The van der Waals surface area contributed by atoms with Crippen molar-refractivity contribution in [3.63, 3.8) is 0 Å². The average molecular weight is 812 g/mol. The molecule has 7 atom stereocenters. The number of carboxylic acid groups (broad SMARTS) is 1. The van der Waals surface area contributed by atoms with E-state index in [0.29, 0.717) is 51.5 Å². The second kappa shape index (κ2) is 23.2. The summed E-state index contributed by atoms with van der Waals surface area (Å²) in [4.78, 5) is 90.1. The lowest BCUT2D eigenvalue weighted by molar-refractivity contribution is -0.143. The van der Waals surface area contributed by atoms with Crippen molar-refractivity contribution in [3.8, 4) is 0 Å². The molecule has 2 aromatic rings. The highest BCUT2D eigenvalue weighted by Crippen LogP contribution is 2.23. The van der Waals surface area contributed by atoms with E-state index in [0.717, 1.165) is 16.5 Å². The Kier molecular flexibility index (Phi) is 18.9. The van der Waals surface area contributed by atoms with Crippen LogP contribution < -0.4 is 44.2 Å². The Bertz CT molecular complexity index is 1730. The molecule has 1 aromatic carbocycles. The van der Waals surface area contributed by atoms with Crippen LogP contribution in [0.1, 0.15) is 91.0 Å². The van der Waals surface area contributed by atoms with E-state index in [2.05, 4.69) is 31.2 Å². The minimum absolute atomic E-state index is 0.0175. The molecule has 1 aliphatic rings. The monoisotopic (exact) mass is 812 g/mol. The van der Waals surface area contributed by atoms with Crippen LogP contribution in [0.4, 0.5) is 0 Å². The molecule has 0 bridgehead atoms.